The van der Waals surface area contributed by atoms with Crippen molar-refractivity contribution in [3.8, 4) is 33.6 Å². The van der Waals surface area contributed by atoms with E-state index in [1.165, 1.54) is 86.6 Å². The lowest BCUT2D eigenvalue weighted by molar-refractivity contribution is 1.15. The largest absolute Gasteiger partial charge is 0.309 e. The predicted octanol–water partition coefficient (Wildman–Crippen LogP) is 12.6. The molecule has 63 heavy (non-hydrogen) atoms. The zero-order valence-electron chi connectivity index (χ0n) is 34.6. The smallest absolute Gasteiger partial charge is 0.180 e. The second-order valence-corrected chi connectivity index (χ2v) is 20.2. The van der Waals surface area contributed by atoms with Gasteiger partial charge >= 0.3 is 0 Å². The van der Waals surface area contributed by atoms with Gasteiger partial charge in [-0.1, -0.05) is 212 Å². The third kappa shape index (κ3) is 5.93. The average Bonchev–Trinajstić information content (AvgIpc) is 3.87. The fourth-order valence-electron chi connectivity index (χ4n) is 10.3. The molecule has 0 fully saturated rings. The van der Waals surface area contributed by atoms with Gasteiger partial charge in [-0.3, -0.25) is 0 Å². The first kappa shape index (κ1) is 36.8. The minimum absolute atomic E-state index is 1.13. The molecule has 0 bridgehead atoms. The second-order valence-electron chi connectivity index (χ2n) is 16.4. The summed E-state index contributed by atoms with van der Waals surface area (Å²) in [5.74, 6) is 0. The van der Waals surface area contributed by atoms with E-state index in [4.69, 9.17) is 0 Å². The first-order chi connectivity index (χ1) is 31.3. The minimum Gasteiger partial charge on any atom is -0.309 e. The zero-order valence-corrected chi connectivity index (χ0v) is 35.6. The summed E-state index contributed by atoms with van der Waals surface area (Å²) in [6, 6.07) is 94.4. The van der Waals surface area contributed by atoms with Gasteiger partial charge in [0, 0.05) is 32.9 Å². The first-order valence-electron chi connectivity index (χ1n) is 21.8. The Bertz CT molecular complexity index is 3480. The molecule has 0 radical (unpaired) electrons. The molecule has 0 aliphatic rings. The van der Waals surface area contributed by atoms with E-state index in [9.17, 15) is 0 Å². The van der Waals surface area contributed by atoms with E-state index in [0.717, 1.165) is 11.4 Å². The normalized spacial score (nSPS) is 11.8. The highest BCUT2D eigenvalue weighted by Crippen LogP contribution is 2.39. The maximum atomic E-state index is 2.57. The molecule has 12 rings (SSSR count). The van der Waals surface area contributed by atoms with Crippen molar-refractivity contribution in [3.05, 3.63) is 255 Å². The lowest BCUT2D eigenvalue weighted by Crippen LogP contribution is -2.75. The maximum Gasteiger partial charge on any atom is 0.180 e. The van der Waals surface area contributed by atoms with Crippen LogP contribution in [0, 0.1) is 0 Å². The molecular formula is C60H42N2Si. The van der Waals surface area contributed by atoms with E-state index < -0.39 is 8.07 Å². The van der Waals surface area contributed by atoms with Gasteiger partial charge in [0.2, 0.25) is 0 Å². The van der Waals surface area contributed by atoms with Crippen LogP contribution < -0.4 is 20.7 Å². The molecule has 2 aromatic heterocycles. The van der Waals surface area contributed by atoms with E-state index in [1.54, 1.807) is 0 Å². The first-order valence-corrected chi connectivity index (χ1v) is 23.8. The van der Waals surface area contributed by atoms with Crippen molar-refractivity contribution < 1.29 is 0 Å². The van der Waals surface area contributed by atoms with Gasteiger partial charge in [0.1, 0.15) is 0 Å². The summed E-state index contributed by atoms with van der Waals surface area (Å²) in [7, 11) is -2.94. The molecule has 0 aliphatic carbocycles. The van der Waals surface area contributed by atoms with Crippen LogP contribution in [0.4, 0.5) is 0 Å². The highest BCUT2D eigenvalue weighted by Gasteiger charge is 2.43. The van der Waals surface area contributed by atoms with Crippen LogP contribution in [0.25, 0.3) is 77.2 Å². The second kappa shape index (κ2) is 15.2. The standard InChI is InChI=1S/C60H42N2Si/c1-6-20-43(21-7-1)44-34-36-46(37-35-44)61-56-32-18-16-30-51(56)53-39-38-47(40-58(53)61)62-57-33-19-17-31-52(57)55-42-60(54(41-59(55)62)45-22-8-2-9-23-45)63(48-24-10-3-11-25-48,49-26-12-4-13-27-49)50-28-14-5-15-29-50/h1-42H. The summed E-state index contributed by atoms with van der Waals surface area (Å²) in [6.45, 7) is 0. The summed E-state index contributed by atoms with van der Waals surface area (Å²) in [6.07, 6.45) is 0. The van der Waals surface area contributed by atoms with Crippen molar-refractivity contribution in [2.24, 2.45) is 0 Å². The molecule has 0 saturated heterocycles. The van der Waals surface area contributed by atoms with Gasteiger partial charge in [-0.25, -0.2) is 0 Å². The highest BCUT2D eigenvalue weighted by atomic mass is 28.3. The Balaban J connectivity index is 1.16. The van der Waals surface area contributed by atoms with Gasteiger partial charge in [0.15, 0.2) is 8.07 Å². The lowest BCUT2D eigenvalue weighted by Gasteiger charge is -2.36. The Kier molecular flexibility index (Phi) is 8.87. The topological polar surface area (TPSA) is 9.86 Å². The van der Waals surface area contributed by atoms with Gasteiger partial charge < -0.3 is 9.13 Å². The van der Waals surface area contributed by atoms with Crippen LogP contribution in [0.2, 0.25) is 0 Å². The van der Waals surface area contributed by atoms with E-state index in [2.05, 4.69) is 264 Å². The van der Waals surface area contributed by atoms with E-state index in [-0.39, 0.29) is 0 Å². The van der Waals surface area contributed by atoms with Crippen molar-refractivity contribution in [3.63, 3.8) is 0 Å². The lowest BCUT2D eigenvalue weighted by atomic mass is 10.0. The Morgan fingerprint density at radius 2 is 0.651 bits per heavy atom. The van der Waals surface area contributed by atoms with Crippen LogP contribution in [0.5, 0.6) is 0 Å². The van der Waals surface area contributed by atoms with Crippen molar-refractivity contribution >= 4 is 72.4 Å². The molecule has 0 N–H and O–H groups in total. The molecule has 0 saturated carbocycles. The molecule has 0 unspecified atom stereocenters. The molecule has 296 valence electrons. The van der Waals surface area contributed by atoms with Crippen molar-refractivity contribution in [1.29, 1.82) is 0 Å². The minimum atomic E-state index is -2.94. The van der Waals surface area contributed by atoms with E-state index in [0.29, 0.717) is 0 Å². The molecule has 0 amide bonds. The Hall–Kier alpha value is -7.98. The van der Waals surface area contributed by atoms with Crippen molar-refractivity contribution in [2.75, 3.05) is 0 Å². The third-order valence-corrected chi connectivity index (χ3v) is 17.9. The van der Waals surface area contributed by atoms with Crippen LogP contribution in [-0.4, -0.2) is 17.2 Å². The van der Waals surface area contributed by atoms with Crippen LogP contribution in [0.1, 0.15) is 0 Å². The summed E-state index contributed by atoms with van der Waals surface area (Å²) < 4.78 is 4.93. The molecule has 3 heteroatoms. The maximum absolute atomic E-state index is 2.94. The number of para-hydroxylation sites is 2. The van der Waals surface area contributed by atoms with E-state index in [1.807, 2.05) is 0 Å². The van der Waals surface area contributed by atoms with Crippen LogP contribution >= 0.6 is 0 Å². The molecule has 2 nitrogen and oxygen atoms in total. The number of rotatable bonds is 8. The molecule has 10 aromatic carbocycles. The van der Waals surface area contributed by atoms with Gasteiger partial charge in [-0.15, -0.1) is 0 Å². The number of hydrogen-bond acceptors (Lipinski definition) is 0. The highest BCUT2D eigenvalue weighted by molar-refractivity contribution is 7.20. The zero-order chi connectivity index (χ0) is 41.7. The summed E-state index contributed by atoms with van der Waals surface area (Å²) in [5.41, 5.74) is 11.9. The molecule has 0 atom stereocenters. The van der Waals surface area contributed by atoms with Gasteiger partial charge in [0.05, 0.1) is 22.1 Å². The number of benzene rings is 10. The number of fused-ring (bicyclic) bond motifs is 6. The summed E-state index contributed by atoms with van der Waals surface area (Å²) in [5, 5.41) is 10.4. The third-order valence-electron chi connectivity index (χ3n) is 13.1. The van der Waals surface area contributed by atoms with Crippen molar-refractivity contribution in [1.82, 2.24) is 9.13 Å². The quantitative estimate of drug-likeness (QED) is 0.107. The Morgan fingerprint density at radius 1 is 0.254 bits per heavy atom. The number of nitrogens with zero attached hydrogens (tertiary/aromatic N) is 2. The van der Waals surface area contributed by atoms with E-state index >= 15 is 0 Å². The fourth-order valence-corrected chi connectivity index (χ4v) is 15.3. The van der Waals surface area contributed by atoms with Gasteiger partial charge in [-0.2, -0.15) is 0 Å². The molecular weight excluding hydrogens is 777 g/mol. The molecule has 0 spiro atoms. The van der Waals surface area contributed by atoms with Gasteiger partial charge in [-0.05, 0) is 85.5 Å². The van der Waals surface area contributed by atoms with Crippen LogP contribution in [0.15, 0.2) is 255 Å². The van der Waals surface area contributed by atoms with Crippen LogP contribution in [-0.2, 0) is 0 Å². The monoisotopic (exact) mass is 818 g/mol. The SMILES string of the molecule is c1ccc(-c2ccc(-n3c4ccccc4c4ccc(-n5c6ccccc6c6cc([Si](c7ccccc7)(c7ccccc7)c7ccccc7)c(-c7ccccc7)cc65)cc43)cc2)cc1. The predicted molar refractivity (Wildman–Crippen MR) is 270 cm³/mol. The van der Waals surface area contributed by atoms with Crippen molar-refractivity contribution in [2.45, 2.75) is 0 Å². The molecule has 12 aromatic rings. The average molecular weight is 819 g/mol. The summed E-state index contributed by atoms with van der Waals surface area (Å²) in [4.78, 5) is 0. The molecule has 0 aliphatic heterocycles. The fraction of sp³-hybridized carbons (Fsp3) is 0. The summed E-state index contributed by atoms with van der Waals surface area (Å²) >= 11 is 0. The molecule has 2 heterocycles. The Labute approximate surface area is 368 Å². The Morgan fingerprint density at radius 3 is 1.21 bits per heavy atom. The van der Waals surface area contributed by atoms with Crippen LogP contribution in [0.3, 0.4) is 0 Å². The number of aromatic nitrogens is 2. The number of hydrogen-bond donors (Lipinski definition) is 0. The van der Waals surface area contributed by atoms with Gasteiger partial charge in [0.25, 0.3) is 0 Å².